The maximum absolute atomic E-state index is 11.8. The molecule has 132 valence electrons. The van der Waals surface area contributed by atoms with Crippen LogP contribution in [0.2, 0.25) is 0 Å². The Morgan fingerprint density at radius 1 is 1.28 bits per heavy atom. The lowest BCUT2D eigenvalue weighted by atomic mass is 10.2. The highest BCUT2D eigenvalue weighted by atomic mass is 32.2. The van der Waals surface area contributed by atoms with Crippen LogP contribution in [0, 0.1) is 0 Å². The number of sulfonamides is 1. The second-order valence-corrected chi connectivity index (χ2v) is 7.35. The average Bonchev–Trinajstić information content (AvgIpc) is 3.30. The van der Waals surface area contributed by atoms with Crippen LogP contribution in [0.5, 0.6) is 0 Å². The normalized spacial score (nSPS) is 13.1. The van der Waals surface area contributed by atoms with E-state index in [0.29, 0.717) is 24.0 Å². The predicted molar refractivity (Wildman–Crippen MR) is 91.4 cm³/mol. The zero-order valence-corrected chi connectivity index (χ0v) is 15.0. The van der Waals surface area contributed by atoms with Gasteiger partial charge in [-0.1, -0.05) is 12.1 Å². The number of nitrogens with one attached hydrogen (secondary N) is 1. The van der Waals surface area contributed by atoms with Crippen molar-refractivity contribution in [1.82, 2.24) is 24.4 Å². The highest BCUT2D eigenvalue weighted by molar-refractivity contribution is 7.89. The molecule has 0 saturated carbocycles. The van der Waals surface area contributed by atoms with E-state index in [-0.39, 0.29) is 10.9 Å². The van der Waals surface area contributed by atoms with Gasteiger partial charge < -0.3 is 9.09 Å². The molecule has 0 aliphatic heterocycles. The third-order valence-corrected chi connectivity index (χ3v) is 5.37. The van der Waals surface area contributed by atoms with E-state index in [9.17, 15) is 8.42 Å². The summed E-state index contributed by atoms with van der Waals surface area (Å²) in [5, 5.41) is 3.92. The summed E-state index contributed by atoms with van der Waals surface area (Å²) < 4.78 is 33.2. The van der Waals surface area contributed by atoms with Gasteiger partial charge in [-0.2, -0.15) is 4.98 Å². The lowest BCUT2D eigenvalue weighted by molar-refractivity contribution is 0.343. The molecule has 0 amide bonds. The van der Waals surface area contributed by atoms with Crippen molar-refractivity contribution in [3.05, 3.63) is 48.4 Å². The molecule has 0 aliphatic carbocycles. The molecule has 0 saturated heterocycles. The SMILES string of the molecule is CCc1noc([C@@H](C)n2ccnc2-c2ccc(S(=O)(=O)NC)cc2)n1. The van der Waals surface area contributed by atoms with Crippen LogP contribution in [0.1, 0.15) is 31.6 Å². The van der Waals surface area contributed by atoms with E-state index in [1.807, 2.05) is 24.6 Å². The molecule has 2 heterocycles. The summed E-state index contributed by atoms with van der Waals surface area (Å²) >= 11 is 0. The molecule has 0 aliphatic rings. The van der Waals surface area contributed by atoms with Crippen LogP contribution in [0.4, 0.5) is 0 Å². The van der Waals surface area contributed by atoms with Crippen molar-refractivity contribution in [2.45, 2.75) is 31.2 Å². The first-order valence-electron chi connectivity index (χ1n) is 7.85. The molecule has 0 bridgehead atoms. The molecular weight excluding hydrogens is 342 g/mol. The summed E-state index contributed by atoms with van der Waals surface area (Å²) in [6, 6.07) is 6.35. The van der Waals surface area contributed by atoms with Crippen molar-refractivity contribution < 1.29 is 12.9 Å². The first-order valence-corrected chi connectivity index (χ1v) is 9.34. The minimum absolute atomic E-state index is 0.189. The molecule has 8 nitrogen and oxygen atoms in total. The van der Waals surface area contributed by atoms with Gasteiger partial charge in [-0.3, -0.25) is 0 Å². The van der Waals surface area contributed by atoms with Gasteiger partial charge in [0.05, 0.1) is 4.90 Å². The largest absolute Gasteiger partial charge is 0.337 e. The Balaban J connectivity index is 1.93. The Labute approximate surface area is 146 Å². The molecule has 1 aromatic carbocycles. The Bertz CT molecular complexity index is 960. The lowest BCUT2D eigenvalue weighted by Crippen LogP contribution is -2.18. The fraction of sp³-hybridized carbons (Fsp3) is 0.312. The van der Waals surface area contributed by atoms with Gasteiger partial charge in [-0.25, -0.2) is 18.1 Å². The number of hydrogen-bond donors (Lipinski definition) is 1. The number of imidazole rings is 1. The van der Waals surface area contributed by atoms with Crippen LogP contribution in [-0.4, -0.2) is 35.2 Å². The number of aromatic nitrogens is 4. The van der Waals surface area contributed by atoms with Gasteiger partial charge in [-0.15, -0.1) is 0 Å². The number of nitrogens with zero attached hydrogens (tertiary/aromatic N) is 4. The topological polar surface area (TPSA) is 103 Å². The smallest absolute Gasteiger partial charge is 0.249 e. The third kappa shape index (κ3) is 3.33. The predicted octanol–water partition coefficient (Wildman–Crippen LogP) is 2.01. The van der Waals surface area contributed by atoms with Crippen LogP contribution < -0.4 is 4.72 Å². The zero-order chi connectivity index (χ0) is 18.0. The van der Waals surface area contributed by atoms with Gasteiger partial charge in [0.1, 0.15) is 11.9 Å². The van der Waals surface area contributed by atoms with E-state index in [1.165, 1.54) is 7.05 Å². The van der Waals surface area contributed by atoms with Crippen LogP contribution in [0.3, 0.4) is 0 Å². The van der Waals surface area contributed by atoms with E-state index in [2.05, 4.69) is 19.8 Å². The van der Waals surface area contributed by atoms with Gasteiger partial charge in [0.2, 0.25) is 15.9 Å². The second kappa shape index (κ2) is 6.77. The minimum Gasteiger partial charge on any atom is -0.337 e. The van der Waals surface area contributed by atoms with Crippen LogP contribution in [-0.2, 0) is 16.4 Å². The van der Waals surface area contributed by atoms with Crippen molar-refractivity contribution in [2.24, 2.45) is 0 Å². The van der Waals surface area contributed by atoms with Gasteiger partial charge in [0, 0.05) is 24.4 Å². The van der Waals surface area contributed by atoms with Gasteiger partial charge >= 0.3 is 0 Å². The average molecular weight is 361 g/mol. The summed E-state index contributed by atoms with van der Waals surface area (Å²) in [6.07, 6.45) is 4.21. The molecule has 2 aromatic heterocycles. The monoisotopic (exact) mass is 361 g/mol. The van der Waals surface area contributed by atoms with Crippen LogP contribution in [0.15, 0.2) is 46.1 Å². The van der Waals surface area contributed by atoms with E-state index in [0.717, 1.165) is 5.56 Å². The van der Waals surface area contributed by atoms with E-state index >= 15 is 0 Å². The highest BCUT2D eigenvalue weighted by Gasteiger charge is 2.19. The highest BCUT2D eigenvalue weighted by Crippen LogP contribution is 2.25. The van der Waals surface area contributed by atoms with Crippen LogP contribution >= 0.6 is 0 Å². The first-order chi connectivity index (χ1) is 12.0. The molecule has 0 radical (unpaired) electrons. The fourth-order valence-corrected chi connectivity index (χ4v) is 3.18. The minimum atomic E-state index is -3.46. The summed E-state index contributed by atoms with van der Waals surface area (Å²) in [5.74, 6) is 1.85. The summed E-state index contributed by atoms with van der Waals surface area (Å²) in [6.45, 7) is 3.90. The molecule has 1 N–H and O–H groups in total. The van der Waals surface area contributed by atoms with Crippen molar-refractivity contribution in [3.63, 3.8) is 0 Å². The fourth-order valence-electron chi connectivity index (χ4n) is 2.45. The third-order valence-electron chi connectivity index (χ3n) is 3.93. The Hall–Kier alpha value is -2.52. The zero-order valence-electron chi connectivity index (χ0n) is 14.2. The molecule has 3 aromatic rings. The number of aryl methyl sites for hydroxylation is 1. The maximum atomic E-state index is 11.8. The van der Waals surface area contributed by atoms with E-state index < -0.39 is 10.0 Å². The Morgan fingerprint density at radius 2 is 2.00 bits per heavy atom. The van der Waals surface area contributed by atoms with Gasteiger partial charge in [-0.05, 0) is 38.2 Å². The molecule has 1 atom stereocenters. The first kappa shape index (κ1) is 17.3. The van der Waals surface area contributed by atoms with Crippen LogP contribution in [0.25, 0.3) is 11.4 Å². The van der Waals surface area contributed by atoms with E-state index in [1.54, 1.807) is 30.5 Å². The molecule has 0 fully saturated rings. The maximum Gasteiger partial charge on any atom is 0.249 e. The summed E-state index contributed by atoms with van der Waals surface area (Å²) in [7, 11) is -2.08. The Kier molecular flexibility index (Phi) is 4.69. The lowest BCUT2D eigenvalue weighted by Gasteiger charge is -2.13. The second-order valence-electron chi connectivity index (χ2n) is 5.47. The van der Waals surface area contributed by atoms with Crippen molar-refractivity contribution in [3.8, 4) is 11.4 Å². The van der Waals surface area contributed by atoms with E-state index in [4.69, 9.17) is 4.52 Å². The standard InChI is InChI=1S/C16H19N5O3S/c1-4-14-19-16(24-20-14)11(2)21-10-9-18-15(21)12-5-7-13(8-6-12)25(22,23)17-3/h5-11,17H,4H2,1-3H3/t11-/m1/s1. The van der Waals surface area contributed by atoms with Crippen molar-refractivity contribution in [1.29, 1.82) is 0 Å². The Morgan fingerprint density at radius 3 is 2.60 bits per heavy atom. The number of benzene rings is 1. The number of rotatable bonds is 6. The number of hydrogen-bond acceptors (Lipinski definition) is 6. The summed E-state index contributed by atoms with van der Waals surface area (Å²) in [4.78, 5) is 8.95. The molecule has 0 unspecified atom stereocenters. The van der Waals surface area contributed by atoms with Gasteiger partial charge in [0.25, 0.3) is 0 Å². The quantitative estimate of drug-likeness (QED) is 0.720. The molecule has 9 heteroatoms. The summed E-state index contributed by atoms with van der Waals surface area (Å²) in [5.41, 5.74) is 0.794. The molecule has 0 spiro atoms. The molecule has 25 heavy (non-hydrogen) atoms. The van der Waals surface area contributed by atoms with Crippen molar-refractivity contribution in [2.75, 3.05) is 7.05 Å². The van der Waals surface area contributed by atoms with Crippen molar-refractivity contribution >= 4 is 10.0 Å². The molecule has 3 rings (SSSR count). The van der Waals surface area contributed by atoms with Gasteiger partial charge in [0.15, 0.2) is 5.82 Å². The molecular formula is C16H19N5O3S.